The van der Waals surface area contributed by atoms with Crippen LogP contribution in [-0.4, -0.2) is 30.2 Å². The zero-order valence-electron chi connectivity index (χ0n) is 27.7. The van der Waals surface area contributed by atoms with E-state index in [1.54, 1.807) is 17.5 Å². The number of nitrogens with zero attached hydrogens (tertiary/aromatic N) is 4. The summed E-state index contributed by atoms with van der Waals surface area (Å²) in [5.41, 5.74) is 4.30. The van der Waals surface area contributed by atoms with Gasteiger partial charge in [0, 0.05) is 72.4 Å². The van der Waals surface area contributed by atoms with Crippen molar-refractivity contribution in [1.82, 2.24) is 19.4 Å². The molecule has 0 saturated heterocycles. The van der Waals surface area contributed by atoms with Crippen molar-refractivity contribution in [3.05, 3.63) is 84.5 Å². The molecule has 2 aromatic carbocycles. The van der Waals surface area contributed by atoms with Crippen LogP contribution in [0.25, 0.3) is 48.2 Å². The molecule has 0 aliphatic rings. The normalized spacial score (nSPS) is 12.2. The Labute approximate surface area is 289 Å². The van der Waals surface area contributed by atoms with Gasteiger partial charge in [-0.1, -0.05) is 77.6 Å². The van der Waals surface area contributed by atoms with E-state index in [1.165, 1.54) is 17.0 Å². The van der Waals surface area contributed by atoms with Crippen molar-refractivity contribution in [3.63, 3.8) is 0 Å². The zero-order valence-corrected chi connectivity index (χ0v) is 30.9. The van der Waals surface area contributed by atoms with Crippen LogP contribution < -0.4 is 0 Å². The van der Waals surface area contributed by atoms with Crippen molar-refractivity contribution in [2.45, 2.75) is 79.6 Å². The SMILES string of the molecule is CC(C)(C)c1cc(-c2nccc3c2sc2c3nc3ncccn32)[c-]c2ccccc12.CCC(CC)C(=O)/C=C(\O)C(CC)CC.[Ir]. The minimum Gasteiger partial charge on any atom is -0.512 e. The zero-order chi connectivity index (χ0) is 32.3. The summed E-state index contributed by atoms with van der Waals surface area (Å²) in [6.45, 7) is 14.8. The van der Waals surface area contributed by atoms with Crippen LogP contribution in [-0.2, 0) is 30.3 Å². The molecule has 0 aliphatic heterocycles. The van der Waals surface area contributed by atoms with Gasteiger partial charge in [-0.25, -0.2) is 9.97 Å². The second-order valence-electron chi connectivity index (χ2n) is 12.6. The number of aliphatic hydroxyl groups excluding tert-OH is 1. The molecule has 0 amide bonds. The van der Waals surface area contributed by atoms with Gasteiger partial charge in [0.2, 0.25) is 5.78 Å². The fourth-order valence-corrected chi connectivity index (χ4v) is 7.14. The number of fused-ring (bicyclic) bond motifs is 6. The fraction of sp³-hybridized carbons (Fsp3) is 0.368. The van der Waals surface area contributed by atoms with Crippen LogP contribution in [0.2, 0.25) is 0 Å². The summed E-state index contributed by atoms with van der Waals surface area (Å²) in [7, 11) is 0. The Morgan fingerprint density at radius 2 is 1.65 bits per heavy atom. The van der Waals surface area contributed by atoms with Gasteiger partial charge in [0.25, 0.3) is 0 Å². The van der Waals surface area contributed by atoms with Crippen LogP contribution in [0.1, 0.15) is 79.7 Å². The molecule has 1 N–H and O–H groups in total. The number of pyridine rings is 1. The molecule has 0 atom stereocenters. The Morgan fingerprint density at radius 1 is 0.957 bits per heavy atom. The van der Waals surface area contributed by atoms with Gasteiger partial charge in [0.05, 0.1) is 5.76 Å². The number of carbonyl (C=O) groups excluding carboxylic acids is 1. The minimum atomic E-state index is 0. The van der Waals surface area contributed by atoms with Crippen molar-refractivity contribution in [2.75, 3.05) is 0 Å². The molecule has 243 valence electrons. The maximum atomic E-state index is 11.7. The van der Waals surface area contributed by atoms with Crippen molar-refractivity contribution < 1.29 is 30.0 Å². The standard InChI is InChI=1S/C25H19N4S.C13H24O2.Ir/c1-25(2,3)19-14-16(13-15-7-4-5-8-17(15)19)20-22-18(9-11-26-20)21-23(30-22)29-12-6-10-27-24(29)28-21;1-5-10(6-2)12(14)9-13(15)11(7-3)8-4;/h4-12,14H,1-3H3;9-11,14H,5-8H2,1-4H3;/q-1;;/b;12-9-;. The van der Waals surface area contributed by atoms with Gasteiger partial charge < -0.3 is 5.11 Å². The van der Waals surface area contributed by atoms with Crippen LogP contribution >= 0.6 is 11.3 Å². The number of thiophene rings is 1. The number of aromatic nitrogens is 4. The van der Waals surface area contributed by atoms with E-state index in [0.717, 1.165) is 68.5 Å². The van der Waals surface area contributed by atoms with E-state index in [1.807, 2.05) is 46.2 Å². The fourth-order valence-electron chi connectivity index (χ4n) is 5.92. The molecule has 4 heterocycles. The first-order chi connectivity index (χ1) is 21.6. The molecule has 0 bridgehead atoms. The van der Waals surface area contributed by atoms with Gasteiger partial charge in [-0.3, -0.25) is 14.2 Å². The Bertz CT molecular complexity index is 2000. The first-order valence-corrected chi connectivity index (χ1v) is 16.8. The van der Waals surface area contributed by atoms with Gasteiger partial charge in [0.1, 0.15) is 10.3 Å². The van der Waals surface area contributed by atoms with E-state index in [9.17, 15) is 9.90 Å². The smallest absolute Gasteiger partial charge is 0.235 e. The average Bonchev–Trinajstić information content (AvgIpc) is 3.58. The van der Waals surface area contributed by atoms with Crippen LogP contribution in [0.3, 0.4) is 0 Å². The Morgan fingerprint density at radius 3 is 2.33 bits per heavy atom. The summed E-state index contributed by atoms with van der Waals surface area (Å²) in [5, 5.41) is 13.2. The summed E-state index contributed by atoms with van der Waals surface area (Å²) in [4.78, 5) is 26.8. The first-order valence-electron chi connectivity index (χ1n) is 16.0. The van der Waals surface area contributed by atoms with E-state index in [0.29, 0.717) is 0 Å². The quantitative estimate of drug-likeness (QED) is 0.0941. The number of rotatable bonds is 8. The van der Waals surface area contributed by atoms with Crippen LogP contribution in [0.5, 0.6) is 0 Å². The molecule has 46 heavy (non-hydrogen) atoms. The van der Waals surface area contributed by atoms with Crippen molar-refractivity contribution in [1.29, 1.82) is 0 Å². The van der Waals surface area contributed by atoms with E-state index in [-0.39, 0.29) is 48.9 Å². The predicted molar refractivity (Wildman–Crippen MR) is 188 cm³/mol. The third-order valence-electron chi connectivity index (χ3n) is 8.64. The number of ketones is 1. The summed E-state index contributed by atoms with van der Waals surface area (Å²) in [5.74, 6) is 1.28. The van der Waals surface area contributed by atoms with Crippen molar-refractivity contribution >= 4 is 54.1 Å². The molecule has 0 fully saturated rings. The molecule has 8 heteroatoms. The number of carbonyl (C=O) groups is 1. The Hall–Kier alpha value is -3.45. The van der Waals surface area contributed by atoms with E-state index in [2.05, 4.69) is 72.6 Å². The average molecular weight is 812 g/mol. The molecule has 0 unspecified atom stereocenters. The van der Waals surface area contributed by atoms with Crippen LogP contribution in [0, 0.1) is 17.9 Å². The Kier molecular flexibility index (Phi) is 11.5. The first kappa shape index (κ1) is 35.4. The molecule has 1 radical (unpaired) electrons. The number of allylic oxidation sites excluding steroid dienone is 2. The maximum absolute atomic E-state index is 11.7. The topological polar surface area (TPSA) is 80.4 Å². The van der Waals surface area contributed by atoms with E-state index in [4.69, 9.17) is 9.97 Å². The third-order valence-corrected chi connectivity index (χ3v) is 9.84. The third kappa shape index (κ3) is 7.09. The maximum Gasteiger partial charge on any atom is 0.235 e. The number of benzene rings is 2. The second kappa shape index (κ2) is 15.0. The predicted octanol–water partition coefficient (Wildman–Crippen LogP) is 10.3. The van der Waals surface area contributed by atoms with Crippen LogP contribution in [0.4, 0.5) is 0 Å². The van der Waals surface area contributed by atoms with Gasteiger partial charge >= 0.3 is 0 Å². The summed E-state index contributed by atoms with van der Waals surface area (Å²) in [6.07, 6.45) is 10.6. The number of hydrogen-bond acceptors (Lipinski definition) is 6. The summed E-state index contributed by atoms with van der Waals surface area (Å²) in [6, 6.07) is 18.4. The largest absolute Gasteiger partial charge is 0.512 e. The molecule has 4 aromatic heterocycles. The van der Waals surface area contributed by atoms with E-state index < -0.39 is 0 Å². The minimum absolute atomic E-state index is 0. The number of hydrogen-bond donors (Lipinski definition) is 1. The van der Waals surface area contributed by atoms with Gasteiger partial charge in [-0.2, -0.15) is 0 Å². The van der Waals surface area contributed by atoms with Gasteiger partial charge in [-0.05, 0) is 43.2 Å². The molecule has 6 rings (SSSR count). The molecule has 6 aromatic rings. The number of imidazole rings is 1. The molecule has 0 aliphatic carbocycles. The molecular weight excluding hydrogens is 769 g/mol. The van der Waals surface area contributed by atoms with Crippen molar-refractivity contribution in [3.8, 4) is 11.3 Å². The molecular formula is C38H43IrN4O2S-. The van der Waals surface area contributed by atoms with E-state index >= 15 is 0 Å². The second-order valence-corrected chi connectivity index (χ2v) is 13.6. The molecule has 0 saturated carbocycles. The molecule has 0 spiro atoms. The van der Waals surface area contributed by atoms with Crippen molar-refractivity contribution in [2.24, 2.45) is 11.8 Å². The number of aliphatic hydroxyl groups is 1. The Balaban J connectivity index is 0.000000259. The van der Waals surface area contributed by atoms with Gasteiger partial charge in [0.15, 0.2) is 5.78 Å². The molecule has 6 nitrogen and oxygen atoms in total. The van der Waals surface area contributed by atoms with Gasteiger partial charge in [-0.15, -0.1) is 40.5 Å². The summed E-state index contributed by atoms with van der Waals surface area (Å²) >= 11 is 1.72. The van der Waals surface area contributed by atoms with Crippen LogP contribution in [0.15, 0.2) is 72.9 Å². The monoisotopic (exact) mass is 812 g/mol. The summed E-state index contributed by atoms with van der Waals surface area (Å²) < 4.78 is 3.19.